The Labute approximate surface area is 134 Å². The van der Waals surface area contributed by atoms with Gasteiger partial charge in [0.2, 0.25) is 0 Å². The number of hydrogen-bond donors (Lipinski definition) is 0. The summed E-state index contributed by atoms with van der Waals surface area (Å²) < 4.78 is 16.3. The summed E-state index contributed by atoms with van der Waals surface area (Å²) in [5.74, 6) is 0. The fraction of sp³-hybridized carbons (Fsp3) is 0.938. The summed E-state index contributed by atoms with van der Waals surface area (Å²) in [7, 11) is 3.35. The molecule has 0 aromatic rings. The van der Waals surface area contributed by atoms with Crippen molar-refractivity contribution >= 4 is 6.09 Å². The molecule has 0 spiro atoms. The summed E-state index contributed by atoms with van der Waals surface area (Å²) in [6, 6.07) is 0.223. The van der Waals surface area contributed by atoms with E-state index in [1.165, 1.54) is 0 Å². The highest BCUT2D eigenvalue weighted by Crippen LogP contribution is 2.18. The zero-order chi connectivity index (χ0) is 16.8. The molecule has 1 atom stereocenters. The Kier molecular flexibility index (Phi) is 7.59. The molecule has 0 aromatic heterocycles. The van der Waals surface area contributed by atoms with Crippen LogP contribution < -0.4 is 0 Å². The molecular weight excluding hydrogens is 284 g/mol. The molecule has 0 N–H and O–H groups in total. The van der Waals surface area contributed by atoms with Crippen LogP contribution in [0.5, 0.6) is 0 Å². The number of methoxy groups -OCH3 is 2. The molecule has 6 nitrogen and oxygen atoms in total. The number of carbonyl (C=O) groups excluding carboxylic acids is 1. The molecule has 0 radical (unpaired) electrons. The quantitative estimate of drug-likeness (QED) is 0.704. The molecule has 1 saturated heterocycles. The summed E-state index contributed by atoms with van der Waals surface area (Å²) in [6.45, 7) is 10.8. The SMILES string of the molecule is CCCC(C(OC)OC)N1CCN(C(=O)OC(C)(C)C)CC1. The van der Waals surface area contributed by atoms with E-state index in [-0.39, 0.29) is 18.4 Å². The first-order valence-corrected chi connectivity index (χ1v) is 8.10. The van der Waals surface area contributed by atoms with Crippen molar-refractivity contribution in [3.8, 4) is 0 Å². The number of amides is 1. The normalized spacial score (nSPS) is 18.6. The maximum absolute atomic E-state index is 12.1. The van der Waals surface area contributed by atoms with Crippen molar-refractivity contribution in [3.05, 3.63) is 0 Å². The van der Waals surface area contributed by atoms with E-state index in [1.54, 1.807) is 19.1 Å². The molecule has 1 unspecified atom stereocenters. The van der Waals surface area contributed by atoms with Crippen molar-refractivity contribution < 1.29 is 19.0 Å². The van der Waals surface area contributed by atoms with E-state index in [2.05, 4.69) is 11.8 Å². The van der Waals surface area contributed by atoms with E-state index in [1.807, 2.05) is 20.8 Å². The average molecular weight is 316 g/mol. The molecule has 1 heterocycles. The summed E-state index contributed by atoms with van der Waals surface area (Å²) in [5, 5.41) is 0. The van der Waals surface area contributed by atoms with Crippen LogP contribution in [-0.2, 0) is 14.2 Å². The molecular formula is C16H32N2O4. The van der Waals surface area contributed by atoms with Crippen LogP contribution in [0, 0.1) is 0 Å². The van der Waals surface area contributed by atoms with Gasteiger partial charge in [0.25, 0.3) is 0 Å². The van der Waals surface area contributed by atoms with Gasteiger partial charge in [0, 0.05) is 40.4 Å². The Morgan fingerprint density at radius 2 is 1.64 bits per heavy atom. The second-order valence-electron chi connectivity index (χ2n) is 6.70. The van der Waals surface area contributed by atoms with Crippen LogP contribution in [-0.4, -0.2) is 74.2 Å². The lowest BCUT2D eigenvalue weighted by Gasteiger charge is -2.41. The Hall–Kier alpha value is -0.850. The first-order chi connectivity index (χ1) is 10.3. The number of piperazine rings is 1. The standard InChI is InChI=1S/C16H32N2O4/c1-7-8-13(14(20-5)21-6)17-9-11-18(12-10-17)15(19)22-16(2,3)4/h13-14H,7-12H2,1-6H3. The van der Waals surface area contributed by atoms with Gasteiger partial charge in [0.15, 0.2) is 6.29 Å². The van der Waals surface area contributed by atoms with Crippen molar-refractivity contribution in [2.24, 2.45) is 0 Å². The monoisotopic (exact) mass is 316 g/mol. The van der Waals surface area contributed by atoms with Gasteiger partial charge >= 0.3 is 6.09 Å². The van der Waals surface area contributed by atoms with Crippen LogP contribution >= 0.6 is 0 Å². The minimum Gasteiger partial charge on any atom is -0.444 e. The topological polar surface area (TPSA) is 51.2 Å². The second kappa shape index (κ2) is 8.70. The number of ether oxygens (including phenoxy) is 3. The second-order valence-corrected chi connectivity index (χ2v) is 6.70. The van der Waals surface area contributed by atoms with Gasteiger partial charge in [-0.2, -0.15) is 0 Å². The van der Waals surface area contributed by atoms with Gasteiger partial charge in [-0.05, 0) is 27.2 Å². The molecule has 0 aliphatic carbocycles. The molecule has 1 rings (SSSR count). The van der Waals surface area contributed by atoms with Crippen molar-refractivity contribution in [1.82, 2.24) is 9.80 Å². The molecule has 22 heavy (non-hydrogen) atoms. The van der Waals surface area contributed by atoms with Crippen molar-refractivity contribution in [3.63, 3.8) is 0 Å². The van der Waals surface area contributed by atoms with Crippen LogP contribution in [0.25, 0.3) is 0 Å². The van der Waals surface area contributed by atoms with Gasteiger partial charge in [0.1, 0.15) is 5.60 Å². The summed E-state index contributed by atoms with van der Waals surface area (Å²) in [6.07, 6.45) is 1.63. The molecule has 0 aromatic carbocycles. The van der Waals surface area contributed by atoms with Crippen LogP contribution in [0.4, 0.5) is 4.79 Å². The number of nitrogens with zero attached hydrogens (tertiary/aromatic N) is 2. The highest BCUT2D eigenvalue weighted by atomic mass is 16.7. The average Bonchev–Trinajstić information content (AvgIpc) is 2.46. The Bertz CT molecular complexity index is 332. The minimum atomic E-state index is -0.448. The van der Waals surface area contributed by atoms with Crippen LogP contribution in [0.2, 0.25) is 0 Å². The van der Waals surface area contributed by atoms with E-state index < -0.39 is 5.60 Å². The van der Waals surface area contributed by atoms with Gasteiger partial charge in [-0.25, -0.2) is 4.79 Å². The third-order valence-electron chi connectivity index (χ3n) is 3.80. The summed E-state index contributed by atoms with van der Waals surface area (Å²) in [4.78, 5) is 16.2. The third-order valence-corrected chi connectivity index (χ3v) is 3.80. The van der Waals surface area contributed by atoms with Crippen LogP contribution in [0.1, 0.15) is 40.5 Å². The zero-order valence-corrected chi connectivity index (χ0v) is 14.9. The fourth-order valence-electron chi connectivity index (χ4n) is 2.76. The molecule has 130 valence electrons. The first-order valence-electron chi connectivity index (χ1n) is 8.10. The number of hydrogen-bond acceptors (Lipinski definition) is 5. The maximum Gasteiger partial charge on any atom is 0.410 e. The van der Waals surface area contributed by atoms with Crippen molar-refractivity contribution in [2.75, 3.05) is 40.4 Å². The lowest BCUT2D eigenvalue weighted by atomic mass is 10.1. The molecule has 1 fully saturated rings. The van der Waals surface area contributed by atoms with E-state index in [4.69, 9.17) is 14.2 Å². The fourth-order valence-corrected chi connectivity index (χ4v) is 2.76. The maximum atomic E-state index is 12.1. The predicted octanol–water partition coefficient (Wildman–Crippen LogP) is 2.33. The van der Waals surface area contributed by atoms with Gasteiger partial charge in [-0.1, -0.05) is 13.3 Å². The number of rotatable bonds is 6. The predicted molar refractivity (Wildman–Crippen MR) is 85.9 cm³/mol. The molecule has 6 heteroatoms. The van der Waals surface area contributed by atoms with E-state index in [9.17, 15) is 4.79 Å². The van der Waals surface area contributed by atoms with Crippen LogP contribution in [0.3, 0.4) is 0 Å². The largest absolute Gasteiger partial charge is 0.444 e. The summed E-state index contributed by atoms with van der Waals surface area (Å²) in [5.41, 5.74) is -0.448. The molecule has 0 saturated carbocycles. The van der Waals surface area contributed by atoms with Crippen molar-refractivity contribution in [2.45, 2.75) is 58.5 Å². The Morgan fingerprint density at radius 3 is 2.05 bits per heavy atom. The highest BCUT2D eigenvalue weighted by molar-refractivity contribution is 5.68. The smallest absolute Gasteiger partial charge is 0.410 e. The van der Waals surface area contributed by atoms with E-state index in [0.29, 0.717) is 13.1 Å². The minimum absolute atomic E-state index is 0.223. The van der Waals surface area contributed by atoms with E-state index >= 15 is 0 Å². The molecule has 0 bridgehead atoms. The van der Waals surface area contributed by atoms with E-state index in [0.717, 1.165) is 25.9 Å². The summed E-state index contributed by atoms with van der Waals surface area (Å²) >= 11 is 0. The van der Waals surface area contributed by atoms with Gasteiger partial charge < -0.3 is 19.1 Å². The van der Waals surface area contributed by atoms with Gasteiger partial charge in [0.05, 0.1) is 6.04 Å². The molecule has 1 amide bonds. The third kappa shape index (κ3) is 5.74. The lowest BCUT2D eigenvalue weighted by molar-refractivity contribution is -0.152. The highest BCUT2D eigenvalue weighted by Gasteiger charge is 2.32. The first kappa shape index (κ1) is 19.2. The Balaban J connectivity index is 2.56. The van der Waals surface area contributed by atoms with Gasteiger partial charge in [-0.3, -0.25) is 4.90 Å². The lowest BCUT2D eigenvalue weighted by Crippen LogP contribution is -2.56. The van der Waals surface area contributed by atoms with Gasteiger partial charge in [-0.15, -0.1) is 0 Å². The molecule has 1 aliphatic rings. The Morgan fingerprint density at radius 1 is 1.09 bits per heavy atom. The van der Waals surface area contributed by atoms with Crippen LogP contribution in [0.15, 0.2) is 0 Å². The molecule has 1 aliphatic heterocycles. The zero-order valence-electron chi connectivity index (χ0n) is 14.9. The number of carbonyl (C=O) groups is 1. The van der Waals surface area contributed by atoms with Crippen molar-refractivity contribution in [1.29, 1.82) is 0 Å².